The monoisotopic (exact) mass is 456 g/mol. The second-order valence-corrected chi connectivity index (χ2v) is 7.46. The van der Waals surface area contributed by atoms with Crippen molar-refractivity contribution < 1.29 is 22.0 Å². The Bertz CT molecular complexity index is 1110. The second kappa shape index (κ2) is 8.25. The number of fused-ring (bicyclic) bond motifs is 1. The third-order valence-corrected chi connectivity index (χ3v) is 5.16. The van der Waals surface area contributed by atoms with Crippen molar-refractivity contribution in [2.45, 2.75) is 25.1 Å². The number of hydrogen-bond acceptors (Lipinski definition) is 4. The largest absolute Gasteiger partial charge is 0.405 e. The van der Waals surface area contributed by atoms with Crippen LogP contribution in [0.15, 0.2) is 36.7 Å². The predicted molar refractivity (Wildman–Crippen MR) is 109 cm³/mol. The Morgan fingerprint density at radius 2 is 2.03 bits per heavy atom. The van der Waals surface area contributed by atoms with E-state index in [4.69, 9.17) is 12.2 Å². The number of hydrogen-bond donors (Lipinski definition) is 2. The van der Waals surface area contributed by atoms with E-state index in [0.717, 1.165) is 18.6 Å². The lowest BCUT2D eigenvalue weighted by molar-refractivity contribution is -0.121. The van der Waals surface area contributed by atoms with E-state index in [2.05, 4.69) is 20.7 Å². The van der Waals surface area contributed by atoms with E-state index in [-0.39, 0.29) is 16.7 Å². The molecular formula is C19H17F5N6S. The molecule has 31 heavy (non-hydrogen) atoms. The van der Waals surface area contributed by atoms with Crippen molar-refractivity contribution in [1.82, 2.24) is 19.9 Å². The zero-order valence-corrected chi connectivity index (χ0v) is 16.8. The number of anilines is 2. The fourth-order valence-electron chi connectivity index (χ4n) is 3.59. The Labute approximate surface area is 179 Å². The van der Waals surface area contributed by atoms with E-state index in [0.29, 0.717) is 30.1 Å². The van der Waals surface area contributed by atoms with E-state index in [1.54, 1.807) is 12.3 Å². The molecule has 2 aromatic heterocycles. The van der Waals surface area contributed by atoms with Gasteiger partial charge in [0.25, 0.3) is 0 Å². The molecule has 0 saturated carbocycles. The molecule has 6 nitrogen and oxygen atoms in total. The molecular weight excluding hydrogens is 439 g/mol. The molecule has 1 fully saturated rings. The molecule has 3 aromatic rings. The summed E-state index contributed by atoms with van der Waals surface area (Å²) in [5.41, 5.74) is 0.900. The van der Waals surface area contributed by atoms with Gasteiger partial charge in [0.05, 0.1) is 12.2 Å². The first-order valence-corrected chi connectivity index (χ1v) is 9.80. The van der Waals surface area contributed by atoms with Crippen LogP contribution in [0.4, 0.5) is 33.5 Å². The van der Waals surface area contributed by atoms with Gasteiger partial charge in [0.2, 0.25) is 0 Å². The van der Waals surface area contributed by atoms with E-state index in [9.17, 15) is 22.0 Å². The summed E-state index contributed by atoms with van der Waals surface area (Å²) in [4.78, 5) is 6.41. The maximum atomic E-state index is 14.3. The minimum absolute atomic E-state index is 0.222. The van der Waals surface area contributed by atoms with Crippen LogP contribution >= 0.6 is 12.2 Å². The molecule has 0 bridgehead atoms. The predicted octanol–water partition coefficient (Wildman–Crippen LogP) is 4.20. The molecule has 3 heterocycles. The van der Waals surface area contributed by atoms with Crippen LogP contribution in [-0.4, -0.2) is 39.0 Å². The van der Waals surface area contributed by atoms with Crippen LogP contribution < -0.4 is 15.5 Å². The summed E-state index contributed by atoms with van der Waals surface area (Å²) < 4.78 is 66.6. The number of thiocarbonyl (C=S) groups is 1. The topological polar surface area (TPSA) is 57.5 Å². The summed E-state index contributed by atoms with van der Waals surface area (Å²) in [6.07, 6.45) is 0.00921. The fraction of sp³-hybridized carbons (Fsp3) is 0.316. The quantitative estimate of drug-likeness (QED) is 0.454. The molecule has 0 spiro atoms. The van der Waals surface area contributed by atoms with Gasteiger partial charge in [-0.2, -0.15) is 18.3 Å². The molecule has 12 heteroatoms. The first kappa shape index (κ1) is 21.2. The highest BCUT2D eigenvalue weighted by atomic mass is 32.1. The second-order valence-electron chi connectivity index (χ2n) is 7.05. The van der Waals surface area contributed by atoms with Crippen LogP contribution in [0.25, 0.3) is 5.65 Å². The van der Waals surface area contributed by atoms with Gasteiger partial charge in [-0.3, -0.25) is 0 Å². The minimum Gasteiger partial charge on any atom is -0.353 e. The van der Waals surface area contributed by atoms with Crippen molar-refractivity contribution in [2.75, 3.05) is 23.3 Å². The lowest BCUT2D eigenvalue weighted by Crippen LogP contribution is -2.36. The third-order valence-electron chi connectivity index (χ3n) is 4.92. The van der Waals surface area contributed by atoms with Crippen LogP contribution in [0, 0.1) is 11.6 Å². The Morgan fingerprint density at radius 1 is 1.23 bits per heavy atom. The number of nitrogens with one attached hydrogen (secondary N) is 2. The van der Waals surface area contributed by atoms with Gasteiger partial charge in [0.15, 0.2) is 10.8 Å². The molecule has 0 aliphatic carbocycles. The van der Waals surface area contributed by atoms with Crippen molar-refractivity contribution in [3.05, 3.63) is 53.9 Å². The van der Waals surface area contributed by atoms with Gasteiger partial charge in [-0.05, 0) is 49.3 Å². The van der Waals surface area contributed by atoms with Crippen LogP contribution in [0.3, 0.4) is 0 Å². The van der Waals surface area contributed by atoms with Crippen molar-refractivity contribution in [3.63, 3.8) is 0 Å². The molecule has 1 atom stereocenters. The summed E-state index contributed by atoms with van der Waals surface area (Å²) in [6, 6.07) is 4.67. The Hall–Kier alpha value is -3.02. The van der Waals surface area contributed by atoms with Crippen LogP contribution in [0.2, 0.25) is 0 Å². The standard InChI is InChI=1S/C19H17F5N6S/c20-11-3-4-13(21)12(8-11)15-2-1-6-29(15)16-5-7-30-17(28-16)14(9-26-30)27-18(31)25-10-19(22,23)24/h3-5,7-9,15H,1-2,6,10H2,(H2,25,27,31)/t15-/m1/s1. The SMILES string of the molecule is Fc1ccc(F)c([C@H]2CCCN2c2ccn3ncc(NC(=S)NCC(F)(F)F)c3n2)c1. The number of aromatic nitrogens is 3. The molecule has 0 amide bonds. The molecule has 1 saturated heterocycles. The van der Waals surface area contributed by atoms with E-state index < -0.39 is 24.4 Å². The van der Waals surface area contributed by atoms with Crippen molar-refractivity contribution in [3.8, 4) is 0 Å². The van der Waals surface area contributed by atoms with Crippen LogP contribution in [0.5, 0.6) is 0 Å². The normalized spacial score (nSPS) is 16.7. The molecule has 1 aliphatic heterocycles. The zero-order chi connectivity index (χ0) is 22.2. The number of benzene rings is 1. The number of nitrogens with zero attached hydrogens (tertiary/aromatic N) is 4. The summed E-state index contributed by atoms with van der Waals surface area (Å²) >= 11 is 4.91. The smallest absolute Gasteiger partial charge is 0.353 e. The van der Waals surface area contributed by atoms with E-state index in [1.165, 1.54) is 16.8 Å². The van der Waals surface area contributed by atoms with Gasteiger partial charge in [-0.25, -0.2) is 18.3 Å². The number of halogens is 5. The zero-order valence-electron chi connectivity index (χ0n) is 16.0. The summed E-state index contributed by atoms with van der Waals surface area (Å²) in [6.45, 7) is -0.683. The molecule has 0 unspecified atom stereocenters. The average molecular weight is 456 g/mol. The Kier molecular flexibility index (Phi) is 5.65. The third kappa shape index (κ3) is 4.68. The Morgan fingerprint density at radius 3 is 2.81 bits per heavy atom. The van der Waals surface area contributed by atoms with Crippen molar-refractivity contribution >= 4 is 34.5 Å². The van der Waals surface area contributed by atoms with Gasteiger partial charge < -0.3 is 15.5 Å². The summed E-state index contributed by atoms with van der Waals surface area (Å²) in [7, 11) is 0. The summed E-state index contributed by atoms with van der Waals surface area (Å²) in [5, 5.41) is 8.62. The maximum absolute atomic E-state index is 14.3. The van der Waals surface area contributed by atoms with Crippen LogP contribution in [0.1, 0.15) is 24.4 Å². The fourth-order valence-corrected chi connectivity index (χ4v) is 3.77. The van der Waals surface area contributed by atoms with Crippen LogP contribution in [-0.2, 0) is 0 Å². The Balaban J connectivity index is 1.59. The number of rotatable bonds is 4. The lowest BCUT2D eigenvalue weighted by atomic mass is 10.0. The molecule has 164 valence electrons. The molecule has 4 rings (SSSR count). The van der Waals surface area contributed by atoms with Gasteiger partial charge in [-0.1, -0.05) is 0 Å². The van der Waals surface area contributed by atoms with E-state index in [1.807, 2.05) is 4.90 Å². The van der Waals surface area contributed by atoms with Gasteiger partial charge >= 0.3 is 6.18 Å². The highest BCUT2D eigenvalue weighted by Crippen LogP contribution is 2.37. The van der Waals surface area contributed by atoms with Gasteiger partial charge in [-0.15, -0.1) is 0 Å². The van der Waals surface area contributed by atoms with Gasteiger partial charge in [0.1, 0.15) is 29.7 Å². The lowest BCUT2D eigenvalue weighted by Gasteiger charge is -2.26. The number of alkyl halides is 3. The highest BCUT2D eigenvalue weighted by Gasteiger charge is 2.30. The average Bonchev–Trinajstić information content (AvgIpc) is 3.35. The molecule has 1 aromatic carbocycles. The van der Waals surface area contributed by atoms with Crippen molar-refractivity contribution in [1.29, 1.82) is 0 Å². The van der Waals surface area contributed by atoms with E-state index >= 15 is 0 Å². The summed E-state index contributed by atoms with van der Waals surface area (Å²) in [5.74, 6) is -0.502. The molecule has 2 N–H and O–H groups in total. The molecule has 1 aliphatic rings. The van der Waals surface area contributed by atoms with Gasteiger partial charge in [0, 0.05) is 18.3 Å². The van der Waals surface area contributed by atoms with Crippen molar-refractivity contribution in [2.24, 2.45) is 0 Å². The minimum atomic E-state index is -4.41. The highest BCUT2D eigenvalue weighted by molar-refractivity contribution is 7.80. The molecule has 0 radical (unpaired) electrons. The first-order chi connectivity index (χ1) is 14.7. The maximum Gasteiger partial charge on any atom is 0.405 e. The first-order valence-electron chi connectivity index (χ1n) is 9.39.